The van der Waals surface area contributed by atoms with Crippen LogP contribution < -0.4 is 0 Å². The van der Waals surface area contributed by atoms with Gasteiger partial charge in [-0.1, -0.05) is 11.6 Å². The summed E-state index contributed by atoms with van der Waals surface area (Å²) in [7, 11) is 0. The first-order valence-corrected chi connectivity index (χ1v) is 4.28. The second-order valence-corrected chi connectivity index (χ2v) is 2.75. The Kier molecular flexibility index (Phi) is 7.01. The van der Waals surface area contributed by atoms with E-state index < -0.39 is 11.7 Å². The Morgan fingerprint density at radius 2 is 2.00 bits per heavy atom. The Balaban J connectivity index is 3.31. The van der Waals surface area contributed by atoms with Gasteiger partial charge in [-0.25, -0.2) is 0 Å². The molecule has 0 heterocycles. The predicted molar refractivity (Wildman–Crippen MR) is 43.0 cm³/mol. The first-order chi connectivity index (χ1) is 4.72. The maximum Gasteiger partial charge on any atom is 0.158 e. The van der Waals surface area contributed by atoms with E-state index in [1.165, 1.54) is 0 Å². The highest BCUT2D eigenvalue weighted by atomic mass is 35.5. The van der Waals surface area contributed by atoms with Crippen molar-refractivity contribution in [2.24, 2.45) is 0 Å². The van der Waals surface area contributed by atoms with Crippen molar-refractivity contribution in [2.45, 2.75) is 11.7 Å². The third-order valence-electron chi connectivity index (χ3n) is 0.815. The minimum Gasteiger partial charge on any atom is -0.388 e. The van der Waals surface area contributed by atoms with Crippen LogP contribution in [0.5, 0.6) is 0 Å². The number of ether oxygens (including phenoxy) is 1. The number of aliphatic hydroxyl groups excluding tert-OH is 1. The van der Waals surface area contributed by atoms with Gasteiger partial charge in [-0.2, -0.15) is 0 Å². The topological polar surface area (TPSA) is 29.5 Å². The Bertz CT molecular complexity index is 81.3. The molecule has 0 aromatic heterocycles. The van der Waals surface area contributed by atoms with Crippen LogP contribution in [0, 0.1) is 0 Å². The van der Waals surface area contributed by atoms with Crippen LogP contribution in [0.3, 0.4) is 0 Å². The summed E-state index contributed by atoms with van der Waals surface area (Å²) in [5.74, 6) is 0.425. The molecule has 0 radical (unpaired) electrons. The summed E-state index contributed by atoms with van der Waals surface area (Å²) in [5, 5.41) is 8.92. The molecular formula is C5H9Cl3O2. The molecule has 0 aliphatic carbocycles. The average Bonchev–Trinajstić information content (AvgIpc) is 1.98. The van der Waals surface area contributed by atoms with E-state index in [1.807, 2.05) is 0 Å². The second kappa shape index (κ2) is 6.50. The zero-order valence-electron chi connectivity index (χ0n) is 5.27. The molecule has 0 saturated carbocycles. The summed E-state index contributed by atoms with van der Waals surface area (Å²) in [6, 6.07) is 0. The molecule has 2 unspecified atom stereocenters. The average molecular weight is 207 g/mol. The summed E-state index contributed by atoms with van der Waals surface area (Å²) >= 11 is 16.1. The fourth-order valence-corrected chi connectivity index (χ4v) is 0.859. The standard InChI is InChI=1S/C5H9Cl3O2/c6-1-2-10-5(8)4(9)3-7/h4-5,9H,1-3H2. The number of aliphatic hydroxyl groups is 1. The molecule has 0 spiro atoms. The Hall–Kier alpha value is 0.790. The molecule has 0 bridgehead atoms. The Morgan fingerprint density at radius 1 is 1.40 bits per heavy atom. The molecule has 2 nitrogen and oxygen atoms in total. The maximum absolute atomic E-state index is 8.92. The summed E-state index contributed by atoms with van der Waals surface area (Å²) in [4.78, 5) is 0. The molecule has 5 heteroatoms. The quantitative estimate of drug-likeness (QED) is 0.691. The van der Waals surface area contributed by atoms with Gasteiger partial charge < -0.3 is 9.84 Å². The van der Waals surface area contributed by atoms with E-state index in [0.29, 0.717) is 12.5 Å². The van der Waals surface area contributed by atoms with Crippen molar-refractivity contribution < 1.29 is 9.84 Å². The minimum absolute atomic E-state index is 0.0659. The van der Waals surface area contributed by atoms with Gasteiger partial charge in [0.05, 0.1) is 12.5 Å². The van der Waals surface area contributed by atoms with Gasteiger partial charge in [-0.3, -0.25) is 0 Å². The normalized spacial score (nSPS) is 16.8. The third-order valence-corrected chi connectivity index (χ3v) is 1.70. The SMILES string of the molecule is OC(CCl)C(Cl)OCCCl. The van der Waals surface area contributed by atoms with Crippen molar-refractivity contribution in [1.82, 2.24) is 0 Å². The number of alkyl halides is 3. The zero-order valence-corrected chi connectivity index (χ0v) is 7.53. The zero-order chi connectivity index (χ0) is 7.98. The van der Waals surface area contributed by atoms with E-state index >= 15 is 0 Å². The molecule has 0 aromatic carbocycles. The van der Waals surface area contributed by atoms with Crippen molar-refractivity contribution in [3.8, 4) is 0 Å². The highest BCUT2D eigenvalue weighted by Crippen LogP contribution is 2.06. The lowest BCUT2D eigenvalue weighted by Crippen LogP contribution is -2.25. The van der Waals surface area contributed by atoms with E-state index in [4.69, 9.17) is 44.6 Å². The lowest BCUT2D eigenvalue weighted by atomic mass is 10.4. The highest BCUT2D eigenvalue weighted by Gasteiger charge is 2.14. The number of rotatable bonds is 5. The summed E-state index contributed by atoms with van der Waals surface area (Å²) < 4.78 is 4.84. The fraction of sp³-hybridized carbons (Fsp3) is 1.00. The molecule has 0 rings (SSSR count). The van der Waals surface area contributed by atoms with Gasteiger partial charge in [0, 0.05) is 5.88 Å². The molecule has 0 aliphatic rings. The van der Waals surface area contributed by atoms with Gasteiger partial charge in [0.25, 0.3) is 0 Å². The molecule has 0 amide bonds. The largest absolute Gasteiger partial charge is 0.388 e. The first-order valence-electron chi connectivity index (χ1n) is 2.78. The van der Waals surface area contributed by atoms with Crippen LogP contribution in [0.25, 0.3) is 0 Å². The van der Waals surface area contributed by atoms with Crippen LogP contribution in [0.4, 0.5) is 0 Å². The summed E-state index contributed by atoms with van der Waals surface area (Å²) in [6.45, 7) is 0.323. The number of hydrogen-bond acceptors (Lipinski definition) is 2. The number of halogens is 3. The molecule has 0 aliphatic heterocycles. The molecular weight excluding hydrogens is 198 g/mol. The van der Waals surface area contributed by atoms with Gasteiger partial charge in [0.15, 0.2) is 5.56 Å². The summed E-state index contributed by atoms with van der Waals surface area (Å²) in [6.07, 6.45) is -0.827. The van der Waals surface area contributed by atoms with Gasteiger partial charge in [0.2, 0.25) is 0 Å². The molecule has 1 N–H and O–H groups in total. The van der Waals surface area contributed by atoms with Gasteiger partial charge in [-0.15, -0.1) is 23.2 Å². The van der Waals surface area contributed by atoms with E-state index in [0.717, 1.165) is 0 Å². The molecule has 0 aromatic rings. The van der Waals surface area contributed by atoms with Crippen molar-refractivity contribution >= 4 is 34.8 Å². The maximum atomic E-state index is 8.92. The highest BCUT2D eigenvalue weighted by molar-refractivity contribution is 6.22. The van der Waals surface area contributed by atoms with Crippen LogP contribution in [-0.2, 0) is 4.74 Å². The van der Waals surface area contributed by atoms with Crippen LogP contribution in [0.1, 0.15) is 0 Å². The van der Waals surface area contributed by atoms with E-state index in [2.05, 4.69) is 0 Å². The van der Waals surface area contributed by atoms with E-state index in [-0.39, 0.29) is 5.88 Å². The molecule has 62 valence electrons. The van der Waals surface area contributed by atoms with Gasteiger partial charge in [0.1, 0.15) is 6.10 Å². The van der Waals surface area contributed by atoms with Crippen LogP contribution in [-0.4, -0.2) is 35.1 Å². The van der Waals surface area contributed by atoms with Crippen LogP contribution in [0.2, 0.25) is 0 Å². The Morgan fingerprint density at radius 3 is 2.40 bits per heavy atom. The fourth-order valence-electron chi connectivity index (χ4n) is 0.338. The van der Waals surface area contributed by atoms with E-state index in [9.17, 15) is 0 Å². The van der Waals surface area contributed by atoms with Crippen molar-refractivity contribution in [2.75, 3.05) is 18.4 Å². The van der Waals surface area contributed by atoms with Crippen LogP contribution >= 0.6 is 34.8 Å². The molecule has 2 atom stereocenters. The van der Waals surface area contributed by atoms with Crippen molar-refractivity contribution in [1.29, 1.82) is 0 Å². The van der Waals surface area contributed by atoms with Crippen molar-refractivity contribution in [3.05, 3.63) is 0 Å². The predicted octanol–water partition coefficient (Wildman–Crippen LogP) is 1.41. The molecule has 0 fully saturated rings. The number of hydrogen-bond donors (Lipinski definition) is 1. The van der Waals surface area contributed by atoms with Crippen molar-refractivity contribution in [3.63, 3.8) is 0 Å². The molecule has 10 heavy (non-hydrogen) atoms. The van der Waals surface area contributed by atoms with E-state index in [1.54, 1.807) is 0 Å². The van der Waals surface area contributed by atoms with Gasteiger partial charge in [-0.05, 0) is 0 Å². The summed E-state index contributed by atoms with van der Waals surface area (Å²) in [5.41, 5.74) is -0.753. The smallest absolute Gasteiger partial charge is 0.158 e. The third kappa shape index (κ3) is 4.58. The Labute approximate surface area is 75.0 Å². The molecule has 0 saturated heterocycles. The van der Waals surface area contributed by atoms with Crippen LogP contribution in [0.15, 0.2) is 0 Å². The second-order valence-electron chi connectivity index (χ2n) is 1.63. The monoisotopic (exact) mass is 206 g/mol. The first kappa shape index (κ1) is 10.8. The van der Waals surface area contributed by atoms with Gasteiger partial charge >= 0.3 is 0 Å². The lowest BCUT2D eigenvalue weighted by molar-refractivity contribution is 0.0275. The lowest BCUT2D eigenvalue weighted by Gasteiger charge is -2.13. The minimum atomic E-state index is -0.827.